The van der Waals surface area contributed by atoms with Crippen molar-refractivity contribution in [3.63, 3.8) is 0 Å². The Balaban J connectivity index is 4.18. The van der Waals surface area contributed by atoms with Gasteiger partial charge in [0.2, 0.25) is 0 Å². The molecule has 0 saturated carbocycles. The van der Waals surface area contributed by atoms with E-state index < -0.39 is 11.9 Å². The van der Waals surface area contributed by atoms with Crippen molar-refractivity contribution in [3.05, 3.63) is 49.0 Å². The molecule has 0 N–H and O–H groups in total. The molecule has 0 amide bonds. The third-order valence-corrected chi connectivity index (χ3v) is 1.57. The molecule has 4 heteroatoms. The van der Waals surface area contributed by atoms with Gasteiger partial charge in [-0.3, -0.25) is 0 Å². The largest absolute Gasteiger partial charge is 0.428 e. The molecule has 0 atom stereocenters. The topological polar surface area (TPSA) is 52.6 Å². The summed E-state index contributed by atoms with van der Waals surface area (Å²) in [5.74, 6) is -0.877. The molecule has 0 rings (SSSR count). The van der Waals surface area contributed by atoms with E-state index in [1.807, 2.05) is 0 Å². The van der Waals surface area contributed by atoms with Gasteiger partial charge in [-0.1, -0.05) is 26.3 Å². The fourth-order valence-corrected chi connectivity index (χ4v) is 0.729. The predicted molar refractivity (Wildman–Crippen MR) is 64.7 cm³/mol. The number of ether oxygens (including phenoxy) is 2. The zero-order valence-electron chi connectivity index (χ0n) is 10.2. The second kappa shape index (κ2) is 6.48. The Labute approximate surface area is 101 Å². The summed E-state index contributed by atoms with van der Waals surface area (Å²) in [6.45, 7) is 16.9. The van der Waals surface area contributed by atoms with E-state index in [0.717, 1.165) is 0 Å². The number of carbonyl (C=O) groups is 2. The number of rotatable bonds is 6. The van der Waals surface area contributed by atoms with Crippen molar-refractivity contribution in [2.45, 2.75) is 20.3 Å². The molecule has 92 valence electrons. The maximum absolute atomic E-state index is 11.1. The summed E-state index contributed by atoms with van der Waals surface area (Å²) in [6, 6.07) is 0. The first kappa shape index (κ1) is 14.9. The Bertz CT molecular complexity index is 364. The Hall–Kier alpha value is -2.10. The maximum atomic E-state index is 11.1. The van der Waals surface area contributed by atoms with E-state index in [4.69, 9.17) is 9.47 Å². The molecular formula is C13H16O4. The standard InChI is InChI=1S/C13H16O4/c1-8(2)12(14)16-10(5)7-11(6)17-13(15)9(3)4/h1,3,5-7H2,2,4H3. The number of esters is 2. The highest BCUT2D eigenvalue weighted by Gasteiger charge is 2.11. The first-order chi connectivity index (χ1) is 7.73. The molecule has 17 heavy (non-hydrogen) atoms. The van der Waals surface area contributed by atoms with Crippen LogP contribution in [-0.2, 0) is 19.1 Å². The molecule has 0 aromatic rings. The molecular weight excluding hydrogens is 220 g/mol. The highest BCUT2D eigenvalue weighted by atomic mass is 16.6. The molecule has 0 radical (unpaired) electrons. The van der Waals surface area contributed by atoms with Gasteiger partial charge >= 0.3 is 11.9 Å². The summed E-state index contributed by atoms with van der Waals surface area (Å²) in [5, 5.41) is 0. The summed E-state index contributed by atoms with van der Waals surface area (Å²) in [7, 11) is 0. The van der Waals surface area contributed by atoms with Gasteiger partial charge in [0.15, 0.2) is 0 Å². The van der Waals surface area contributed by atoms with Gasteiger partial charge in [0, 0.05) is 11.1 Å². The van der Waals surface area contributed by atoms with E-state index >= 15 is 0 Å². The lowest BCUT2D eigenvalue weighted by molar-refractivity contribution is -0.135. The third-order valence-electron chi connectivity index (χ3n) is 1.57. The van der Waals surface area contributed by atoms with Crippen molar-refractivity contribution in [2.75, 3.05) is 0 Å². The zero-order chi connectivity index (χ0) is 13.6. The van der Waals surface area contributed by atoms with Crippen LogP contribution in [0.2, 0.25) is 0 Å². The fraction of sp³-hybridized carbons (Fsp3) is 0.231. The Morgan fingerprint density at radius 1 is 0.824 bits per heavy atom. The molecule has 0 unspecified atom stereocenters. The second-order valence-corrected chi connectivity index (χ2v) is 3.59. The molecule has 0 fully saturated rings. The number of carbonyl (C=O) groups excluding carboxylic acids is 2. The minimum Gasteiger partial charge on any atom is -0.428 e. The van der Waals surface area contributed by atoms with E-state index in [-0.39, 0.29) is 29.1 Å². The predicted octanol–water partition coefficient (Wildman–Crippen LogP) is 2.64. The van der Waals surface area contributed by atoms with Gasteiger partial charge in [-0.15, -0.1) is 0 Å². The molecule has 4 nitrogen and oxygen atoms in total. The van der Waals surface area contributed by atoms with Gasteiger partial charge in [0.1, 0.15) is 11.5 Å². The van der Waals surface area contributed by atoms with E-state index in [0.29, 0.717) is 0 Å². The summed E-state index contributed by atoms with van der Waals surface area (Å²) in [4.78, 5) is 22.3. The van der Waals surface area contributed by atoms with Gasteiger partial charge in [-0.25, -0.2) is 9.59 Å². The van der Waals surface area contributed by atoms with Crippen molar-refractivity contribution in [3.8, 4) is 0 Å². The van der Waals surface area contributed by atoms with Crippen molar-refractivity contribution in [1.29, 1.82) is 0 Å². The first-order valence-electron chi connectivity index (χ1n) is 4.85. The molecule has 0 aliphatic rings. The molecule has 0 aromatic carbocycles. The van der Waals surface area contributed by atoms with Crippen molar-refractivity contribution >= 4 is 11.9 Å². The average molecular weight is 236 g/mol. The van der Waals surface area contributed by atoms with E-state index in [9.17, 15) is 9.59 Å². The highest BCUT2D eigenvalue weighted by molar-refractivity contribution is 5.88. The van der Waals surface area contributed by atoms with Crippen LogP contribution in [0.3, 0.4) is 0 Å². The van der Waals surface area contributed by atoms with E-state index in [2.05, 4.69) is 26.3 Å². The smallest absolute Gasteiger partial charge is 0.338 e. The molecule has 0 bridgehead atoms. The van der Waals surface area contributed by atoms with Crippen LogP contribution in [0, 0.1) is 0 Å². The van der Waals surface area contributed by atoms with Crippen LogP contribution < -0.4 is 0 Å². The summed E-state index contributed by atoms with van der Waals surface area (Å²) in [6.07, 6.45) is 0.0536. The van der Waals surface area contributed by atoms with Crippen LogP contribution >= 0.6 is 0 Å². The lowest BCUT2D eigenvalue weighted by atomic mass is 10.3. The lowest BCUT2D eigenvalue weighted by Crippen LogP contribution is -2.08. The fourth-order valence-electron chi connectivity index (χ4n) is 0.729. The third kappa shape index (κ3) is 6.14. The highest BCUT2D eigenvalue weighted by Crippen LogP contribution is 2.13. The molecule has 0 heterocycles. The van der Waals surface area contributed by atoms with Crippen LogP contribution in [0.4, 0.5) is 0 Å². The average Bonchev–Trinajstić information content (AvgIpc) is 2.16. The normalized spacial score (nSPS) is 9.06. The van der Waals surface area contributed by atoms with Crippen LogP contribution in [-0.4, -0.2) is 11.9 Å². The quantitative estimate of drug-likeness (QED) is 0.404. The summed E-state index contributed by atoms with van der Waals surface area (Å²) >= 11 is 0. The van der Waals surface area contributed by atoms with Crippen molar-refractivity contribution in [2.24, 2.45) is 0 Å². The lowest BCUT2D eigenvalue weighted by Gasteiger charge is -2.09. The van der Waals surface area contributed by atoms with Crippen LogP contribution in [0.1, 0.15) is 20.3 Å². The monoisotopic (exact) mass is 236 g/mol. The van der Waals surface area contributed by atoms with Crippen molar-refractivity contribution in [1.82, 2.24) is 0 Å². The minimum atomic E-state index is -0.575. The van der Waals surface area contributed by atoms with Crippen LogP contribution in [0.15, 0.2) is 49.0 Å². The second-order valence-electron chi connectivity index (χ2n) is 3.59. The van der Waals surface area contributed by atoms with Gasteiger partial charge in [0.25, 0.3) is 0 Å². The van der Waals surface area contributed by atoms with Crippen LogP contribution in [0.25, 0.3) is 0 Å². The number of hydrogen-bond donors (Lipinski definition) is 0. The Morgan fingerprint density at radius 3 is 1.35 bits per heavy atom. The van der Waals surface area contributed by atoms with Gasteiger partial charge in [0.05, 0.1) is 6.42 Å². The Morgan fingerprint density at radius 2 is 1.12 bits per heavy atom. The number of hydrogen-bond acceptors (Lipinski definition) is 4. The summed E-state index contributed by atoms with van der Waals surface area (Å²) in [5.41, 5.74) is 0.520. The minimum absolute atomic E-state index is 0.0536. The molecule has 0 aliphatic heterocycles. The maximum Gasteiger partial charge on any atom is 0.338 e. The molecule has 0 saturated heterocycles. The summed E-state index contributed by atoms with van der Waals surface area (Å²) < 4.78 is 9.63. The molecule has 0 aromatic heterocycles. The van der Waals surface area contributed by atoms with E-state index in [1.54, 1.807) is 0 Å². The van der Waals surface area contributed by atoms with E-state index in [1.165, 1.54) is 13.8 Å². The van der Waals surface area contributed by atoms with Gasteiger partial charge < -0.3 is 9.47 Å². The molecule has 0 aliphatic carbocycles. The first-order valence-corrected chi connectivity index (χ1v) is 4.85. The molecule has 0 spiro atoms. The van der Waals surface area contributed by atoms with Crippen molar-refractivity contribution < 1.29 is 19.1 Å². The van der Waals surface area contributed by atoms with Gasteiger partial charge in [-0.2, -0.15) is 0 Å². The zero-order valence-corrected chi connectivity index (χ0v) is 10.2. The SMILES string of the molecule is C=C(CC(=C)OC(=O)C(=C)C)OC(=O)C(=C)C. The Kier molecular flexibility index (Phi) is 5.68. The van der Waals surface area contributed by atoms with Gasteiger partial charge in [-0.05, 0) is 13.8 Å². The van der Waals surface area contributed by atoms with Crippen LogP contribution in [0.5, 0.6) is 0 Å².